The summed E-state index contributed by atoms with van der Waals surface area (Å²) < 4.78 is 0. The van der Waals surface area contributed by atoms with E-state index in [-0.39, 0.29) is 18.1 Å². The molecule has 11 nitrogen and oxygen atoms in total. The molecule has 0 heterocycles. The fourth-order valence-electron chi connectivity index (χ4n) is 2.79. The Hall–Kier alpha value is -3.18. The number of benzene rings is 1. The molecule has 1 aromatic carbocycles. The number of carboxylic acids is 1. The molecule has 0 fully saturated rings. The average molecular weight is 453 g/mol. The van der Waals surface area contributed by atoms with Crippen LogP contribution in [0.4, 0.5) is 0 Å². The van der Waals surface area contributed by atoms with Gasteiger partial charge in [0.1, 0.15) is 23.9 Å². The zero-order valence-electron chi connectivity index (χ0n) is 18.4. The SMILES string of the molecule is CCC(C)C(NC(=O)C(C)NC(=O)C(N)Cc1ccc(O)cc1)C(=O)NC(CO)C(=O)O. The molecule has 0 radical (unpaired) electrons. The monoisotopic (exact) mass is 452 g/mol. The van der Waals surface area contributed by atoms with Gasteiger partial charge in [-0.05, 0) is 37.0 Å². The lowest BCUT2D eigenvalue weighted by molar-refractivity contribution is -0.143. The maximum Gasteiger partial charge on any atom is 0.328 e. The second kappa shape index (κ2) is 12.6. The van der Waals surface area contributed by atoms with Gasteiger partial charge in [0.15, 0.2) is 0 Å². The summed E-state index contributed by atoms with van der Waals surface area (Å²) in [6.07, 6.45) is 0.698. The summed E-state index contributed by atoms with van der Waals surface area (Å²) in [5, 5.41) is 34.6. The molecule has 0 spiro atoms. The number of aromatic hydroxyl groups is 1. The van der Waals surface area contributed by atoms with Gasteiger partial charge in [-0.3, -0.25) is 14.4 Å². The number of nitrogens with one attached hydrogen (secondary N) is 3. The quantitative estimate of drug-likeness (QED) is 0.207. The van der Waals surface area contributed by atoms with Gasteiger partial charge in [0.25, 0.3) is 0 Å². The second-order valence-corrected chi connectivity index (χ2v) is 7.66. The number of carbonyl (C=O) groups excluding carboxylic acids is 3. The van der Waals surface area contributed by atoms with E-state index in [0.717, 1.165) is 5.56 Å². The molecular weight excluding hydrogens is 420 g/mol. The van der Waals surface area contributed by atoms with E-state index in [1.165, 1.54) is 19.1 Å². The summed E-state index contributed by atoms with van der Waals surface area (Å²) in [4.78, 5) is 48.5. The zero-order valence-corrected chi connectivity index (χ0v) is 18.4. The molecule has 0 aliphatic carbocycles. The number of phenolic OH excluding ortho intramolecular Hbond substituents is 1. The van der Waals surface area contributed by atoms with Gasteiger partial charge in [-0.2, -0.15) is 0 Å². The van der Waals surface area contributed by atoms with E-state index in [9.17, 15) is 24.3 Å². The highest BCUT2D eigenvalue weighted by Gasteiger charge is 2.31. The van der Waals surface area contributed by atoms with E-state index in [1.54, 1.807) is 26.0 Å². The second-order valence-electron chi connectivity index (χ2n) is 7.66. The van der Waals surface area contributed by atoms with Crippen molar-refractivity contribution in [2.45, 2.75) is 57.8 Å². The van der Waals surface area contributed by atoms with Crippen molar-refractivity contribution in [2.75, 3.05) is 6.61 Å². The van der Waals surface area contributed by atoms with Crippen molar-refractivity contribution in [3.8, 4) is 5.75 Å². The topological polar surface area (TPSA) is 191 Å². The van der Waals surface area contributed by atoms with E-state index in [0.29, 0.717) is 6.42 Å². The van der Waals surface area contributed by atoms with Gasteiger partial charge in [-0.15, -0.1) is 0 Å². The number of aliphatic carboxylic acids is 1. The fraction of sp³-hybridized carbons (Fsp3) is 0.524. The van der Waals surface area contributed by atoms with Crippen LogP contribution in [0.5, 0.6) is 5.75 Å². The summed E-state index contributed by atoms with van der Waals surface area (Å²) >= 11 is 0. The molecule has 11 heteroatoms. The number of amides is 3. The van der Waals surface area contributed by atoms with Gasteiger partial charge in [-0.25, -0.2) is 4.79 Å². The zero-order chi connectivity index (χ0) is 24.4. The summed E-state index contributed by atoms with van der Waals surface area (Å²) in [5.74, 6) is -3.63. The Morgan fingerprint density at radius 1 is 0.969 bits per heavy atom. The lowest BCUT2D eigenvalue weighted by Crippen LogP contribution is -2.58. The number of carbonyl (C=O) groups is 4. The predicted octanol–water partition coefficient (Wildman–Crippen LogP) is -1.14. The van der Waals surface area contributed by atoms with Crippen LogP contribution in [0.15, 0.2) is 24.3 Å². The lowest BCUT2D eigenvalue weighted by Gasteiger charge is -2.26. The summed E-state index contributed by atoms with van der Waals surface area (Å²) in [6.45, 7) is 4.13. The molecule has 32 heavy (non-hydrogen) atoms. The predicted molar refractivity (Wildman–Crippen MR) is 115 cm³/mol. The van der Waals surface area contributed by atoms with Crippen LogP contribution in [-0.4, -0.2) is 69.8 Å². The molecule has 0 saturated heterocycles. The number of aliphatic hydroxyl groups is 1. The van der Waals surface area contributed by atoms with Gasteiger partial charge >= 0.3 is 5.97 Å². The van der Waals surface area contributed by atoms with Crippen LogP contribution in [0.2, 0.25) is 0 Å². The van der Waals surface area contributed by atoms with Crippen molar-refractivity contribution in [3.63, 3.8) is 0 Å². The van der Waals surface area contributed by atoms with Gasteiger partial charge < -0.3 is 37.0 Å². The third-order valence-electron chi connectivity index (χ3n) is 5.07. The number of nitrogens with two attached hydrogens (primary N) is 1. The summed E-state index contributed by atoms with van der Waals surface area (Å²) in [5.41, 5.74) is 6.63. The van der Waals surface area contributed by atoms with Crippen LogP contribution < -0.4 is 21.7 Å². The van der Waals surface area contributed by atoms with Crippen molar-refractivity contribution >= 4 is 23.7 Å². The van der Waals surface area contributed by atoms with Crippen LogP contribution in [0.25, 0.3) is 0 Å². The minimum Gasteiger partial charge on any atom is -0.508 e. The van der Waals surface area contributed by atoms with Gasteiger partial charge in [0.05, 0.1) is 12.6 Å². The van der Waals surface area contributed by atoms with E-state index < -0.39 is 54.5 Å². The van der Waals surface area contributed by atoms with E-state index >= 15 is 0 Å². The minimum atomic E-state index is -1.50. The standard InChI is InChI=1S/C21H32N4O7/c1-4-11(2)17(20(30)24-16(10-26)21(31)32)25-18(28)12(3)23-19(29)15(22)9-13-5-7-14(27)8-6-13/h5-8,11-12,15-17,26-27H,4,9-10,22H2,1-3H3,(H,23,29)(H,24,30)(H,25,28)(H,31,32). The van der Waals surface area contributed by atoms with Gasteiger partial charge in [0.2, 0.25) is 17.7 Å². The van der Waals surface area contributed by atoms with E-state index in [4.69, 9.17) is 15.9 Å². The number of hydrogen-bond acceptors (Lipinski definition) is 7. The molecule has 0 saturated carbocycles. The molecule has 1 aromatic rings. The average Bonchev–Trinajstić information content (AvgIpc) is 2.75. The van der Waals surface area contributed by atoms with Crippen molar-refractivity contribution in [1.82, 2.24) is 16.0 Å². The Bertz CT molecular complexity index is 800. The molecule has 1 rings (SSSR count). The Morgan fingerprint density at radius 3 is 2.06 bits per heavy atom. The first kappa shape index (κ1) is 26.9. The van der Waals surface area contributed by atoms with Crippen LogP contribution in [0.3, 0.4) is 0 Å². The van der Waals surface area contributed by atoms with Crippen LogP contribution in [0.1, 0.15) is 32.8 Å². The molecular formula is C21H32N4O7. The van der Waals surface area contributed by atoms with E-state index in [1.807, 2.05) is 0 Å². The molecule has 5 atom stereocenters. The van der Waals surface area contributed by atoms with Crippen molar-refractivity contribution in [1.29, 1.82) is 0 Å². The van der Waals surface area contributed by atoms with Crippen LogP contribution in [0, 0.1) is 5.92 Å². The van der Waals surface area contributed by atoms with Crippen molar-refractivity contribution in [2.24, 2.45) is 11.7 Å². The fourth-order valence-corrected chi connectivity index (χ4v) is 2.79. The Kier molecular flexibility index (Phi) is 10.6. The lowest BCUT2D eigenvalue weighted by atomic mass is 9.97. The first-order chi connectivity index (χ1) is 15.0. The molecule has 3 amide bonds. The molecule has 0 bridgehead atoms. The largest absolute Gasteiger partial charge is 0.508 e. The maximum absolute atomic E-state index is 12.6. The Morgan fingerprint density at radius 2 is 1.56 bits per heavy atom. The number of phenols is 1. The van der Waals surface area contributed by atoms with Crippen LogP contribution in [-0.2, 0) is 25.6 Å². The minimum absolute atomic E-state index is 0.0885. The highest BCUT2D eigenvalue weighted by Crippen LogP contribution is 2.11. The number of hydrogen-bond donors (Lipinski definition) is 7. The van der Waals surface area contributed by atoms with Gasteiger partial charge in [-0.1, -0.05) is 32.4 Å². The molecule has 178 valence electrons. The molecule has 8 N–H and O–H groups in total. The molecule has 5 unspecified atom stereocenters. The third-order valence-corrected chi connectivity index (χ3v) is 5.07. The molecule has 0 aliphatic rings. The summed E-state index contributed by atoms with van der Waals surface area (Å²) in [6, 6.07) is 1.69. The first-order valence-electron chi connectivity index (χ1n) is 10.3. The number of carboxylic acid groups (broad SMARTS) is 1. The van der Waals surface area contributed by atoms with Crippen molar-refractivity contribution < 1.29 is 34.5 Å². The molecule has 0 aliphatic heterocycles. The molecule has 0 aromatic heterocycles. The summed E-state index contributed by atoms with van der Waals surface area (Å²) in [7, 11) is 0. The maximum atomic E-state index is 12.6. The number of aliphatic hydroxyl groups excluding tert-OH is 1. The smallest absolute Gasteiger partial charge is 0.328 e. The first-order valence-corrected chi connectivity index (χ1v) is 10.3. The number of rotatable bonds is 12. The highest BCUT2D eigenvalue weighted by molar-refractivity contribution is 5.94. The Balaban J connectivity index is 2.73. The highest BCUT2D eigenvalue weighted by atomic mass is 16.4. The normalized spacial score (nSPS) is 15.5. The van der Waals surface area contributed by atoms with Gasteiger partial charge in [0, 0.05) is 0 Å². The third kappa shape index (κ3) is 8.16. The van der Waals surface area contributed by atoms with E-state index in [2.05, 4.69) is 16.0 Å². The van der Waals surface area contributed by atoms with Crippen molar-refractivity contribution in [3.05, 3.63) is 29.8 Å². The Labute approximate surface area is 186 Å². The van der Waals surface area contributed by atoms with Crippen LogP contribution >= 0.6 is 0 Å².